The summed E-state index contributed by atoms with van der Waals surface area (Å²) in [6.07, 6.45) is 2.12. The Hall–Kier alpha value is -1.89. The molecule has 6 nitrogen and oxygen atoms in total. The predicted octanol–water partition coefficient (Wildman–Crippen LogP) is 2.01. The zero-order chi connectivity index (χ0) is 14.5. The molecule has 20 heavy (non-hydrogen) atoms. The van der Waals surface area contributed by atoms with Crippen LogP contribution in [0.15, 0.2) is 11.5 Å². The Kier molecular flexibility index (Phi) is 4.73. The van der Waals surface area contributed by atoms with Crippen molar-refractivity contribution < 1.29 is 23.8 Å². The van der Waals surface area contributed by atoms with E-state index in [9.17, 15) is 9.59 Å². The van der Waals surface area contributed by atoms with Gasteiger partial charge in [-0.2, -0.15) is 0 Å². The van der Waals surface area contributed by atoms with Crippen LogP contribution in [0.4, 0.5) is 0 Å². The maximum absolute atomic E-state index is 11.5. The first-order valence-corrected chi connectivity index (χ1v) is 7.11. The number of nitrogens with zero attached hydrogens (tertiary/aromatic N) is 1. The van der Waals surface area contributed by atoms with Gasteiger partial charge in [0.25, 0.3) is 0 Å². The van der Waals surface area contributed by atoms with Crippen LogP contribution in [0.5, 0.6) is 0 Å². The molecule has 1 aromatic rings. The minimum absolute atomic E-state index is 0.263. The van der Waals surface area contributed by atoms with Crippen LogP contribution in [0, 0.1) is 0 Å². The van der Waals surface area contributed by atoms with Crippen LogP contribution < -0.4 is 0 Å². The fraction of sp³-hybridized carbons (Fsp3) is 0.462. The van der Waals surface area contributed by atoms with E-state index in [1.165, 1.54) is 18.3 Å². The lowest BCUT2D eigenvalue weighted by Crippen LogP contribution is -2.24. The molecule has 1 aromatic heterocycles. The molecule has 0 amide bonds. The summed E-state index contributed by atoms with van der Waals surface area (Å²) in [6, 6.07) is 0. The van der Waals surface area contributed by atoms with E-state index in [1.807, 2.05) is 6.08 Å². The van der Waals surface area contributed by atoms with Crippen LogP contribution in [0.3, 0.4) is 0 Å². The molecule has 0 spiro atoms. The van der Waals surface area contributed by atoms with Gasteiger partial charge in [-0.1, -0.05) is 0 Å². The minimum atomic E-state index is -0.441. The largest absolute Gasteiger partial charge is 0.487 e. The Morgan fingerprint density at radius 2 is 2.35 bits per heavy atom. The van der Waals surface area contributed by atoms with Crippen molar-refractivity contribution in [3.8, 4) is 0 Å². The highest BCUT2D eigenvalue weighted by molar-refractivity contribution is 7.10. The van der Waals surface area contributed by atoms with Crippen LogP contribution >= 0.6 is 11.3 Å². The molecule has 7 heteroatoms. The molecule has 2 heterocycles. The number of thiazole rings is 1. The van der Waals surface area contributed by atoms with Gasteiger partial charge in [0.05, 0.1) is 6.61 Å². The quantitative estimate of drug-likeness (QED) is 0.791. The highest BCUT2D eigenvalue weighted by Gasteiger charge is 2.21. The van der Waals surface area contributed by atoms with Gasteiger partial charge < -0.3 is 14.2 Å². The van der Waals surface area contributed by atoms with Crippen LogP contribution in [-0.4, -0.2) is 36.2 Å². The van der Waals surface area contributed by atoms with Gasteiger partial charge in [-0.25, -0.2) is 9.78 Å². The topological polar surface area (TPSA) is 74.7 Å². The van der Waals surface area contributed by atoms with E-state index in [-0.39, 0.29) is 17.8 Å². The molecule has 0 aliphatic carbocycles. The predicted molar refractivity (Wildman–Crippen MR) is 72.2 cm³/mol. The molecule has 0 unspecified atom stereocenters. The number of carbonyl (C=O) groups excluding carboxylic acids is 2. The van der Waals surface area contributed by atoms with Gasteiger partial charge in [0.15, 0.2) is 16.5 Å². The molecule has 2 rings (SSSR count). The lowest BCUT2D eigenvalue weighted by molar-refractivity contribution is -0.148. The normalized spacial score (nSPS) is 17.9. The first-order chi connectivity index (χ1) is 9.60. The lowest BCUT2D eigenvalue weighted by Gasteiger charge is -2.21. The molecule has 0 saturated heterocycles. The molecular weight excluding hydrogens is 282 g/mol. The fourth-order valence-electron chi connectivity index (χ4n) is 1.70. The van der Waals surface area contributed by atoms with Crippen LogP contribution in [-0.2, 0) is 19.0 Å². The number of ether oxygens (including phenoxy) is 3. The molecule has 0 radical (unpaired) electrons. The van der Waals surface area contributed by atoms with Gasteiger partial charge in [-0.3, -0.25) is 4.79 Å². The maximum Gasteiger partial charge on any atom is 0.357 e. The molecule has 0 bridgehead atoms. The third-order valence-corrected chi connectivity index (χ3v) is 3.38. The number of hydrogen-bond donors (Lipinski definition) is 0. The SMILES string of the molecule is CCOC(=O)c1csc(C2=CC[C@H](OC(C)=O)CO2)n1. The Morgan fingerprint density at radius 1 is 1.55 bits per heavy atom. The van der Waals surface area contributed by atoms with E-state index in [4.69, 9.17) is 14.2 Å². The van der Waals surface area contributed by atoms with E-state index >= 15 is 0 Å². The van der Waals surface area contributed by atoms with Gasteiger partial charge in [0.1, 0.15) is 12.7 Å². The van der Waals surface area contributed by atoms with E-state index < -0.39 is 5.97 Å². The molecule has 108 valence electrons. The summed E-state index contributed by atoms with van der Waals surface area (Å²) in [7, 11) is 0. The van der Waals surface area contributed by atoms with E-state index in [0.717, 1.165) is 0 Å². The van der Waals surface area contributed by atoms with Crippen molar-refractivity contribution in [2.75, 3.05) is 13.2 Å². The summed E-state index contributed by atoms with van der Waals surface area (Å²) in [5.74, 6) is -0.160. The third kappa shape index (κ3) is 3.57. The molecule has 0 fully saturated rings. The van der Waals surface area contributed by atoms with Gasteiger partial charge in [-0.05, 0) is 13.0 Å². The Bertz CT molecular complexity index is 537. The number of hydrogen-bond acceptors (Lipinski definition) is 7. The fourth-order valence-corrected chi connectivity index (χ4v) is 2.48. The van der Waals surface area contributed by atoms with Crippen molar-refractivity contribution in [1.29, 1.82) is 0 Å². The van der Waals surface area contributed by atoms with Crippen molar-refractivity contribution >= 4 is 29.0 Å². The van der Waals surface area contributed by atoms with Crippen molar-refractivity contribution in [2.24, 2.45) is 0 Å². The molecule has 1 atom stereocenters. The standard InChI is InChI=1S/C13H15NO5S/c1-3-17-13(16)10-7-20-12(14-10)11-5-4-9(6-18-11)19-8(2)15/h5,7,9H,3-4,6H2,1-2H3/t9-/m0/s1. The molecule has 1 aliphatic rings. The van der Waals surface area contributed by atoms with Crippen molar-refractivity contribution in [2.45, 2.75) is 26.4 Å². The summed E-state index contributed by atoms with van der Waals surface area (Å²) < 4.78 is 15.4. The molecule has 0 aromatic carbocycles. The molecular formula is C13H15NO5S. The summed E-state index contributed by atoms with van der Waals surface area (Å²) in [5.41, 5.74) is 0.276. The van der Waals surface area contributed by atoms with Crippen molar-refractivity contribution in [3.05, 3.63) is 22.2 Å². The average Bonchev–Trinajstić information content (AvgIpc) is 2.89. The zero-order valence-electron chi connectivity index (χ0n) is 11.3. The summed E-state index contributed by atoms with van der Waals surface area (Å²) in [4.78, 5) is 26.5. The Labute approximate surface area is 120 Å². The Morgan fingerprint density at radius 3 is 2.95 bits per heavy atom. The number of rotatable bonds is 4. The maximum atomic E-state index is 11.5. The average molecular weight is 297 g/mol. The highest BCUT2D eigenvalue weighted by atomic mass is 32.1. The van der Waals surface area contributed by atoms with Crippen molar-refractivity contribution in [3.63, 3.8) is 0 Å². The molecule has 0 saturated carbocycles. The first kappa shape index (κ1) is 14.5. The van der Waals surface area contributed by atoms with E-state index in [1.54, 1.807) is 12.3 Å². The third-order valence-electron chi connectivity index (χ3n) is 2.52. The van der Waals surface area contributed by atoms with Crippen LogP contribution in [0.2, 0.25) is 0 Å². The number of carbonyl (C=O) groups is 2. The smallest absolute Gasteiger partial charge is 0.357 e. The summed E-state index contributed by atoms with van der Waals surface area (Å²) >= 11 is 1.31. The van der Waals surface area contributed by atoms with Gasteiger partial charge in [-0.15, -0.1) is 11.3 Å². The van der Waals surface area contributed by atoms with Gasteiger partial charge in [0, 0.05) is 18.7 Å². The molecule has 0 N–H and O–H groups in total. The monoisotopic (exact) mass is 297 g/mol. The number of esters is 2. The van der Waals surface area contributed by atoms with Gasteiger partial charge in [0.2, 0.25) is 0 Å². The summed E-state index contributed by atoms with van der Waals surface area (Å²) in [5, 5.41) is 2.25. The second-order valence-corrected chi connectivity index (χ2v) is 4.96. The van der Waals surface area contributed by atoms with E-state index in [0.29, 0.717) is 30.4 Å². The Balaban J connectivity index is 2.01. The number of aromatic nitrogens is 1. The molecule has 1 aliphatic heterocycles. The second-order valence-electron chi connectivity index (χ2n) is 4.10. The van der Waals surface area contributed by atoms with Crippen LogP contribution in [0.1, 0.15) is 35.8 Å². The second kappa shape index (κ2) is 6.51. The zero-order valence-corrected chi connectivity index (χ0v) is 12.1. The highest BCUT2D eigenvalue weighted by Crippen LogP contribution is 2.25. The van der Waals surface area contributed by atoms with Crippen molar-refractivity contribution in [1.82, 2.24) is 4.98 Å². The van der Waals surface area contributed by atoms with Crippen LogP contribution in [0.25, 0.3) is 5.76 Å². The lowest BCUT2D eigenvalue weighted by atomic mass is 10.2. The van der Waals surface area contributed by atoms with Gasteiger partial charge >= 0.3 is 11.9 Å². The van der Waals surface area contributed by atoms with E-state index in [2.05, 4.69) is 4.98 Å². The first-order valence-electron chi connectivity index (χ1n) is 6.23. The minimum Gasteiger partial charge on any atom is -0.487 e. The summed E-state index contributed by atoms with van der Waals surface area (Å²) in [6.45, 7) is 3.72.